The number of amides is 2. The summed E-state index contributed by atoms with van der Waals surface area (Å²) in [5.74, 6) is -0.666. The predicted molar refractivity (Wildman–Crippen MR) is 135 cm³/mol. The van der Waals surface area contributed by atoms with Crippen molar-refractivity contribution in [1.82, 2.24) is 16.0 Å². The summed E-state index contributed by atoms with van der Waals surface area (Å²) >= 11 is 5.01. The number of unbranched alkanes of at least 4 members (excludes halogenated alkanes) is 1. The maximum Gasteiger partial charge on any atom is 0.242 e. The minimum absolute atomic E-state index is 0.102. The summed E-state index contributed by atoms with van der Waals surface area (Å²) in [6, 6.07) is 18.1. The number of hydrogen-bond donors (Lipinski definition) is 3. The molecule has 0 radical (unpaired) electrons. The minimum Gasteiger partial charge on any atom is -0.380 e. The number of benzene rings is 2. The fourth-order valence-electron chi connectivity index (χ4n) is 3.39. The number of Topliss-reactive ketones (excluding diaryl/α,β-unsaturated/α-hetero) is 1. The van der Waals surface area contributed by atoms with Gasteiger partial charge in [-0.15, -0.1) is 0 Å². The average Bonchev–Trinajstić information content (AvgIpc) is 2.82. The number of rotatable bonds is 14. The molecule has 2 aromatic rings. The molecule has 0 aromatic heterocycles. The lowest BCUT2D eigenvalue weighted by Gasteiger charge is -2.18. The molecule has 0 aliphatic heterocycles. The average molecular weight is 468 g/mol. The van der Waals surface area contributed by atoms with Crippen molar-refractivity contribution < 1.29 is 14.4 Å². The molecule has 0 aliphatic carbocycles. The third-order valence-corrected chi connectivity index (χ3v) is 5.32. The van der Waals surface area contributed by atoms with Crippen LogP contribution in [0.5, 0.6) is 0 Å². The van der Waals surface area contributed by atoms with Crippen LogP contribution in [-0.4, -0.2) is 41.7 Å². The molecule has 0 fully saturated rings. The van der Waals surface area contributed by atoms with E-state index in [9.17, 15) is 14.4 Å². The van der Waals surface area contributed by atoms with Crippen LogP contribution in [0, 0.1) is 0 Å². The number of thiocarbonyl (C=S) groups is 1. The van der Waals surface area contributed by atoms with Crippen LogP contribution in [0.25, 0.3) is 0 Å². The Balaban J connectivity index is 1.84. The highest BCUT2D eigenvalue weighted by Gasteiger charge is 2.21. The Morgan fingerprint density at radius 2 is 1.55 bits per heavy atom. The molecule has 2 rings (SSSR count). The van der Waals surface area contributed by atoms with Crippen molar-refractivity contribution in [3.05, 3.63) is 71.8 Å². The molecule has 0 heterocycles. The molecule has 176 valence electrons. The first kappa shape index (κ1) is 26.2. The third-order valence-electron chi connectivity index (χ3n) is 5.18. The second-order valence-electron chi connectivity index (χ2n) is 7.95. The lowest BCUT2D eigenvalue weighted by atomic mass is 10.1. The molecule has 2 aromatic carbocycles. The monoisotopic (exact) mass is 467 g/mol. The van der Waals surface area contributed by atoms with Gasteiger partial charge in [0.05, 0.1) is 11.5 Å². The van der Waals surface area contributed by atoms with E-state index in [0.717, 1.165) is 30.8 Å². The number of carbonyl (C=O) groups excluding carboxylic acids is 3. The van der Waals surface area contributed by atoms with Gasteiger partial charge in [-0.3, -0.25) is 14.4 Å². The highest BCUT2D eigenvalue weighted by Crippen LogP contribution is 2.07. The first-order valence-corrected chi connectivity index (χ1v) is 11.8. The van der Waals surface area contributed by atoms with Gasteiger partial charge in [-0.1, -0.05) is 72.9 Å². The molecule has 6 nitrogen and oxygen atoms in total. The van der Waals surface area contributed by atoms with Gasteiger partial charge in [-0.25, -0.2) is 0 Å². The van der Waals surface area contributed by atoms with Crippen LogP contribution in [0.3, 0.4) is 0 Å². The Labute approximate surface area is 201 Å². The standard InChI is InChI=1S/C26H33N3O3S/c1-20(33)27-18-9-8-16-23(26(32)28-19-24(30)22-14-6-3-7-15-22)29-25(31)17-10-13-21-11-4-2-5-12-21/h2-7,11-12,14-15,23H,8-10,13,16-19H2,1H3,(H,27,33)(H,28,32)(H,29,31)/t23-/m0/s1. The fourth-order valence-corrected chi connectivity index (χ4v) is 3.49. The molecule has 0 saturated carbocycles. The van der Waals surface area contributed by atoms with Gasteiger partial charge in [0.15, 0.2) is 5.78 Å². The zero-order chi connectivity index (χ0) is 23.9. The highest BCUT2D eigenvalue weighted by atomic mass is 32.1. The lowest BCUT2D eigenvalue weighted by Crippen LogP contribution is -2.47. The zero-order valence-corrected chi connectivity index (χ0v) is 20.0. The summed E-state index contributed by atoms with van der Waals surface area (Å²) in [5.41, 5.74) is 1.72. The molecule has 33 heavy (non-hydrogen) atoms. The van der Waals surface area contributed by atoms with Gasteiger partial charge in [0, 0.05) is 18.5 Å². The number of ketones is 1. The number of aryl methyl sites for hydroxylation is 1. The predicted octanol–water partition coefficient (Wildman–Crippen LogP) is 3.60. The molecule has 0 unspecified atom stereocenters. The maximum absolute atomic E-state index is 12.8. The second-order valence-corrected chi connectivity index (χ2v) is 8.56. The van der Waals surface area contributed by atoms with Gasteiger partial charge in [-0.05, 0) is 44.6 Å². The zero-order valence-electron chi connectivity index (χ0n) is 19.1. The Morgan fingerprint density at radius 3 is 2.21 bits per heavy atom. The molecule has 0 bridgehead atoms. The normalized spacial score (nSPS) is 11.3. The molecule has 2 amide bonds. The Bertz CT molecular complexity index is 904. The van der Waals surface area contributed by atoms with E-state index in [4.69, 9.17) is 12.2 Å². The highest BCUT2D eigenvalue weighted by molar-refractivity contribution is 7.80. The van der Waals surface area contributed by atoms with Gasteiger partial charge >= 0.3 is 0 Å². The van der Waals surface area contributed by atoms with E-state index >= 15 is 0 Å². The van der Waals surface area contributed by atoms with Crippen molar-refractivity contribution in [2.24, 2.45) is 0 Å². The molecule has 7 heteroatoms. The van der Waals surface area contributed by atoms with Crippen LogP contribution >= 0.6 is 12.2 Å². The first-order valence-electron chi connectivity index (χ1n) is 11.4. The summed E-state index contributed by atoms with van der Waals surface area (Å²) < 4.78 is 0. The van der Waals surface area contributed by atoms with E-state index in [1.54, 1.807) is 24.3 Å². The maximum atomic E-state index is 12.8. The van der Waals surface area contributed by atoms with E-state index < -0.39 is 6.04 Å². The molecular weight excluding hydrogens is 434 g/mol. The largest absolute Gasteiger partial charge is 0.380 e. The van der Waals surface area contributed by atoms with Crippen molar-refractivity contribution in [2.45, 2.75) is 51.5 Å². The number of nitrogens with one attached hydrogen (secondary N) is 3. The van der Waals surface area contributed by atoms with E-state index in [0.29, 0.717) is 24.8 Å². The SMILES string of the molecule is CC(=S)NCCCC[C@H](NC(=O)CCCc1ccccc1)C(=O)NCC(=O)c1ccccc1. The van der Waals surface area contributed by atoms with Crippen molar-refractivity contribution >= 4 is 34.8 Å². The molecule has 1 atom stereocenters. The van der Waals surface area contributed by atoms with Crippen LogP contribution in [0.15, 0.2) is 60.7 Å². The summed E-state index contributed by atoms with van der Waals surface area (Å²) in [7, 11) is 0. The molecule has 0 aliphatic rings. The van der Waals surface area contributed by atoms with Crippen molar-refractivity contribution in [3.8, 4) is 0 Å². The van der Waals surface area contributed by atoms with E-state index in [2.05, 4.69) is 16.0 Å². The topological polar surface area (TPSA) is 87.3 Å². The Morgan fingerprint density at radius 1 is 0.879 bits per heavy atom. The van der Waals surface area contributed by atoms with Gasteiger partial charge in [0.1, 0.15) is 6.04 Å². The van der Waals surface area contributed by atoms with Crippen molar-refractivity contribution in [1.29, 1.82) is 0 Å². The van der Waals surface area contributed by atoms with Crippen LogP contribution in [-0.2, 0) is 16.0 Å². The second kappa shape index (κ2) is 14.9. The Kier molecular flexibility index (Phi) is 11.8. The third kappa shape index (κ3) is 10.9. The summed E-state index contributed by atoms with van der Waals surface area (Å²) in [5, 5.41) is 8.64. The number of hydrogen-bond acceptors (Lipinski definition) is 4. The van der Waals surface area contributed by atoms with Crippen LogP contribution in [0.1, 0.15) is 54.9 Å². The van der Waals surface area contributed by atoms with E-state index in [1.807, 2.05) is 43.3 Å². The van der Waals surface area contributed by atoms with Crippen molar-refractivity contribution in [2.75, 3.05) is 13.1 Å². The van der Waals surface area contributed by atoms with Crippen LogP contribution < -0.4 is 16.0 Å². The van der Waals surface area contributed by atoms with E-state index in [-0.39, 0.29) is 24.1 Å². The van der Waals surface area contributed by atoms with Gasteiger partial charge in [0.2, 0.25) is 11.8 Å². The van der Waals surface area contributed by atoms with Crippen LogP contribution in [0.4, 0.5) is 0 Å². The number of carbonyl (C=O) groups is 3. The van der Waals surface area contributed by atoms with Crippen molar-refractivity contribution in [3.63, 3.8) is 0 Å². The smallest absolute Gasteiger partial charge is 0.242 e. The quantitative estimate of drug-likeness (QED) is 0.225. The van der Waals surface area contributed by atoms with Gasteiger partial charge < -0.3 is 16.0 Å². The fraction of sp³-hybridized carbons (Fsp3) is 0.385. The van der Waals surface area contributed by atoms with Crippen LogP contribution in [0.2, 0.25) is 0 Å². The lowest BCUT2D eigenvalue weighted by molar-refractivity contribution is -0.129. The summed E-state index contributed by atoms with van der Waals surface area (Å²) in [4.78, 5) is 38.3. The molecule has 0 spiro atoms. The van der Waals surface area contributed by atoms with Gasteiger partial charge in [0.25, 0.3) is 0 Å². The first-order chi connectivity index (χ1) is 16.0. The van der Waals surface area contributed by atoms with E-state index in [1.165, 1.54) is 5.56 Å². The summed E-state index contributed by atoms with van der Waals surface area (Å²) in [6.45, 7) is 2.45. The Hall–Kier alpha value is -3.06. The minimum atomic E-state index is -0.675. The molecular formula is C26H33N3O3S. The van der Waals surface area contributed by atoms with Gasteiger partial charge in [-0.2, -0.15) is 0 Å². The molecule has 0 saturated heterocycles. The molecule has 3 N–H and O–H groups in total. The summed E-state index contributed by atoms with van der Waals surface area (Å²) in [6.07, 6.45) is 3.91.